The van der Waals surface area contributed by atoms with Gasteiger partial charge in [-0.15, -0.1) is 11.3 Å². The fourth-order valence-corrected chi connectivity index (χ4v) is 3.08. The monoisotopic (exact) mass is 293 g/mol. The standard InChI is InChI=1S/C13H15N3O3S/c1-8-9(2-5-20-8)13(18)16-3-4-19-7-11(16)10-6-12(17)15-14-10/h2,5-6,11H,3-4,7H2,1H3,(H2,14,15,17). The number of carbonyl (C=O) groups is 1. The average molecular weight is 293 g/mol. The van der Waals surface area contributed by atoms with Gasteiger partial charge in [0.05, 0.1) is 30.5 Å². The quantitative estimate of drug-likeness (QED) is 0.875. The molecule has 20 heavy (non-hydrogen) atoms. The lowest BCUT2D eigenvalue weighted by molar-refractivity contribution is -0.00392. The smallest absolute Gasteiger partial charge is 0.264 e. The molecule has 106 valence electrons. The fraction of sp³-hybridized carbons (Fsp3) is 0.385. The summed E-state index contributed by atoms with van der Waals surface area (Å²) in [5.74, 6) is -0.0147. The molecule has 1 atom stereocenters. The van der Waals surface area contributed by atoms with Crippen LogP contribution in [-0.2, 0) is 4.74 Å². The van der Waals surface area contributed by atoms with Gasteiger partial charge in [-0.3, -0.25) is 14.7 Å². The minimum absolute atomic E-state index is 0.0147. The second-order valence-electron chi connectivity index (χ2n) is 4.69. The van der Waals surface area contributed by atoms with Gasteiger partial charge in [0.1, 0.15) is 0 Å². The summed E-state index contributed by atoms with van der Waals surface area (Å²) in [5, 5.41) is 7.22. The van der Waals surface area contributed by atoms with E-state index in [2.05, 4.69) is 10.2 Å². The van der Waals surface area contributed by atoms with E-state index in [0.717, 1.165) is 10.4 Å². The zero-order valence-corrected chi connectivity index (χ0v) is 11.8. The van der Waals surface area contributed by atoms with Gasteiger partial charge in [0.15, 0.2) is 0 Å². The number of H-pyrrole nitrogens is 2. The van der Waals surface area contributed by atoms with Crippen LogP contribution in [0.4, 0.5) is 0 Å². The first-order chi connectivity index (χ1) is 9.66. The number of aromatic amines is 2. The van der Waals surface area contributed by atoms with Crippen molar-refractivity contribution in [1.82, 2.24) is 15.1 Å². The molecule has 0 spiro atoms. The lowest BCUT2D eigenvalue weighted by Crippen LogP contribution is -2.43. The number of aryl methyl sites for hydroxylation is 1. The van der Waals surface area contributed by atoms with E-state index in [-0.39, 0.29) is 17.5 Å². The molecule has 1 amide bonds. The lowest BCUT2D eigenvalue weighted by atomic mass is 10.1. The molecule has 2 N–H and O–H groups in total. The van der Waals surface area contributed by atoms with Gasteiger partial charge in [0.2, 0.25) is 0 Å². The Morgan fingerprint density at radius 2 is 2.35 bits per heavy atom. The Hall–Kier alpha value is -1.86. The van der Waals surface area contributed by atoms with Gasteiger partial charge in [-0.05, 0) is 18.4 Å². The number of thiophene rings is 1. The molecular formula is C13H15N3O3S. The molecule has 0 bridgehead atoms. The van der Waals surface area contributed by atoms with Crippen molar-refractivity contribution in [1.29, 1.82) is 0 Å². The van der Waals surface area contributed by atoms with Crippen LogP contribution in [0.25, 0.3) is 0 Å². The first-order valence-corrected chi connectivity index (χ1v) is 7.25. The molecule has 3 heterocycles. The molecule has 7 heteroatoms. The molecule has 6 nitrogen and oxygen atoms in total. The Morgan fingerprint density at radius 3 is 3.00 bits per heavy atom. The van der Waals surface area contributed by atoms with Crippen LogP contribution in [0, 0.1) is 6.92 Å². The summed E-state index contributed by atoms with van der Waals surface area (Å²) in [6, 6.07) is 3.06. The highest BCUT2D eigenvalue weighted by molar-refractivity contribution is 7.10. The van der Waals surface area contributed by atoms with Crippen LogP contribution in [0.5, 0.6) is 0 Å². The number of ether oxygens (including phenoxy) is 1. The first kappa shape index (κ1) is 13.1. The molecule has 0 aliphatic carbocycles. The summed E-state index contributed by atoms with van der Waals surface area (Å²) >= 11 is 1.56. The Balaban J connectivity index is 1.91. The molecule has 1 saturated heterocycles. The normalized spacial score (nSPS) is 19.2. The zero-order chi connectivity index (χ0) is 14.1. The minimum Gasteiger partial charge on any atom is -0.377 e. The Morgan fingerprint density at radius 1 is 1.50 bits per heavy atom. The third-order valence-electron chi connectivity index (χ3n) is 3.45. The van der Waals surface area contributed by atoms with E-state index in [0.29, 0.717) is 25.5 Å². The number of amides is 1. The van der Waals surface area contributed by atoms with Crippen molar-refractivity contribution in [3.8, 4) is 0 Å². The summed E-state index contributed by atoms with van der Waals surface area (Å²) in [5.41, 5.74) is 1.19. The van der Waals surface area contributed by atoms with E-state index in [1.807, 2.05) is 18.4 Å². The summed E-state index contributed by atoms with van der Waals surface area (Å²) in [7, 11) is 0. The van der Waals surface area contributed by atoms with Crippen molar-refractivity contribution < 1.29 is 9.53 Å². The summed E-state index contributed by atoms with van der Waals surface area (Å²) < 4.78 is 5.45. The van der Waals surface area contributed by atoms with Crippen LogP contribution < -0.4 is 5.56 Å². The Labute approximate surface area is 119 Å². The van der Waals surface area contributed by atoms with Crippen molar-refractivity contribution in [3.63, 3.8) is 0 Å². The predicted octanol–water partition coefficient (Wildman–Crippen LogP) is 1.29. The molecule has 1 unspecified atom stereocenters. The van der Waals surface area contributed by atoms with Crippen LogP contribution in [0.15, 0.2) is 22.3 Å². The number of carbonyl (C=O) groups excluding carboxylic acids is 1. The highest BCUT2D eigenvalue weighted by Crippen LogP contribution is 2.26. The van der Waals surface area contributed by atoms with Gasteiger partial charge in [0, 0.05) is 17.5 Å². The van der Waals surface area contributed by atoms with Crippen molar-refractivity contribution >= 4 is 17.2 Å². The van der Waals surface area contributed by atoms with Gasteiger partial charge in [-0.1, -0.05) is 0 Å². The van der Waals surface area contributed by atoms with Gasteiger partial charge < -0.3 is 14.7 Å². The van der Waals surface area contributed by atoms with E-state index in [4.69, 9.17) is 4.74 Å². The summed E-state index contributed by atoms with van der Waals surface area (Å²) in [6.45, 7) is 3.36. The number of rotatable bonds is 2. The molecule has 2 aromatic rings. The minimum atomic E-state index is -0.255. The summed E-state index contributed by atoms with van der Waals surface area (Å²) in [6.07, 6.45) is 0. The Kier molecular flexibility index (Phi) is 3.45. The van der Waals surface area contributed by atoms with E-state index >= 15 is 0 Å². The fourth-order valence-electron chi connectivity index (χ4n) is 2.39. The number of aromatic nitrogens is 2. The van der Waals surface area contributed by atoms with Crippen LogP contribution in [0.3, 0.4) is 0 Å². The Bertz CT molecular complexity index is 672. The predicted molar refractivity (Wildman–Crippen MR) is 75.1 cm³/mol. The van der Waals surface area contributed by atoms with Gasteiger partial charge in [0.25, 0.3) is 11.5 Å². The van der Waals surface area contributed by atoms with Crippen molar-refractivity contribution in [3.05, 3.63) is 44.0 Å². The maximum atomic E-state index is 12.6. The average Bonchev–Trinajstić information content (AvgIpc) is 3.07. The topological polar surface area (TPSA) is 78.2 Å². The maximum absolute atomic E-state index is 12.6. The van der Waals surface area contributed by atoms with Crippen LogP contribution in [0.2, 0.25) is 0 Å². The van der Waals surface area contributed by atoms with Crippen molar-refractivity contribution in [2.75, 3.05) is 19.8 Å². The van der Waals surface area contributed by atoms with Crippen molar-refractivity contribution in [2.24, 2.45) is 0 Å². The molecule has 0 radical (unpaired) electrons. The molecule has 2 aromatic heterocycles. The largest absolute Gasteiger partial charge is 0.377 e. The highest BCUT2D eigenvalue weighted by Gasteiger charge is 2.31. The second kappa shape index (κ2) is 5.26. The van der Waals surface area contributed by atoms with E-state index in [9.17, 15) is 9.59 Å². The van der Waals surface area contributed by atoms with E-state index in [1.165, 1.54) is 6.07 Å². The summed E-state index contributed by atoms with van der Waals surface area (Å²) in [4.78, 5) is 26.7. The third kappa shape index (κ3) is 2.30. The van der Waals surface area contributed by atoms with E-state index < -0.39 is 0 Å². The van der Waals surface area contributed by atoms with Gasteiger partial charge >= 0.3 is 0 Å². The number of nitrogens with one attached hydrogen (secondary N) is 2. The second-order valence-corrected chi connectivity index (χ2v) is 5.81. The zero-order valence-electron chi connectivity index (χ0n) is 11.0. The lowest BCUT2D eigenvalue weighted by Gasteiger charge is -2.34. The highest BCUT2D eigenvalue weighted by atomic mass is 32.1. The van der Waals surface area contributed by atoms with Gasteiger partial charge in [-0.25, -0.2) is 0 Å². The molecular weight excluding hydrogens is 278 g/mol. The molecule has 1 fully saturated rings. The van der Waals surface area contributed by atoms with Crippen LogP contribution in [-0.4, -0.2) is 40.8 Å². The molecule has 3 rings (SSSR count). The molecule has 0 aromatic carbocycles. The first-order valence-electron chi connectivity index (χ1n) is 6.37. The molecule has 1 aliphatic heterocycles. The van der Waals surface area contributed by atoms with Gasteiger partial charge in [-0.2, -0.15) is 0 Å². The SMILES string of the molecule is Cc1sccc1C(=O)N1CCOCC1c1cc(=O)[nH][nH]1. The van der Waals surface area contributed by atoms with E-state index in [1.54, 1.807) is 16.2 Å². The molecule has 0 saturated carbocycles. The molecule has 1 aliphatic rings. The van der Waals surface area contributed by atoms with Crippen LogP contribution >= 0.6 is 11.3 Å². The number of hydrogen-bond acceptors (Lipinski definition) is 4. The number of hydrogen-bond donors (Lipinski definition) is 2. The maximum Gasteiger partial charge on any atom is 0.264 e. The number of nitrogens with zero attached hydrogens (tertiary/aromatic N) is 1. The number of morpholine rings is 1. The van der Waals surface area contributed by atoms with Crippen molar-refractivity contribution in [2.45, 2.75) is 13.0 Å². The van der Waals surface area contributed by atoms with Crippen LogP contribution in [0.1, 0.15) is 27.0 Å². The third-order valence-corrected chi connectivity index (χ3v) is 4.30.